The van der Waals surface area contributed by atoms with E-state index in [0.29, 0.717) is 0 Å². The Balaban J connectivity index is 3.72. The van der Waals surface area contributed by atoms with Crippen LogP contribution in [0.5, 0.6) is 0 Å². The highest BCUT2D eigenvalue weighted by Crippen LogP contribution is 2.03. The number of rotatable bonds is 3. The Bertz CT molecular complexity index is 145. The van der Waals surface area contributed by atoms with Crippen LogP contribution in [0.4, 0.5) is 0 Å². The first-order valence-corrected chi connectivity index (χ1v) is 2.95. The molecule has 0 aromatic carbocycles. The molecule has 0 saturated carbocycles. The zero-order chi connectivity index (χ0) is 8.15. The summed E-state index contributed by atoms with van der Waals surface area (Å²) in [5.41, 5.74) is 0. The maximum atomic E-state index is 10.4. The Morgan fingerprint density at radius 2 is 2.20 bits per heavy atom. The van der Waals surface area contributed by atoms with Crippen molar-refractivity contribution >= 4 is 23.5 Å². The fourth-order valence-corrected chi connectivity index (χ4v) is 0.586. The molecule has 0 unspecified atom stereocenters. The number of aliphatic carboxylic acids is 1. The average Bonchev–Trinajstić information content (AvgIpc) is 1.85. The summed E-state index contributed by atoms with van der Waals surface area (Å²) in [5, 5.41) is 7.06. The molecule has 10 heavy (non-hydrogen) atoms. The van der Waals surface area contributed by atoms with Crippen molar-refractivity contribution in [2.24, 2.45) is 0 Å². The van der Waals surface area contributed by atoms with Crippen LogP contribution in [0.25, 0.3) is 0 Å². The van der Waals surface area contributed by atoms with Crippen molar-refractivity contribution < 1.29 is 19.4 Å². The normalized spacial score (nSPS) is 12.2. The minimum atomic E-state index is -1.12. The Morgan fingerprint density at radius 1 is 1.70 bits per heavy atom. The van der Waals surface area contributed by atoms with Gasteiger partial charge in [0.05, 0.1) is 13.5 Å². The largest absolute Gasteiger partial charge is 0.481 e. The van der Waals surface area contributed by atoms with Crippen LogP contribution in [-0.2, 0) is 14.3 Å². The molecule has 0 amide bonds. The van der Waals surface area contributed by atoms with Crippen LogP contribution in [0, 0.1) is 0 Å². The van der Waals surface area contributed by atoms with Crippen LogP contribution in [-0.4, -0.2) is 29.5 Å². The average molecular weight is 167 g/mol. The zero-order valence-corrected chi connectivity index (χ0v) is 6.09. The molecular formula is C5H7ClO4. The second-order valence-electron chi connectivity index (χ2n) is 1.59. The van der Waals surface area contributed by atoms with Gasteiger partial charge in [0.2, 0.25) is 0 Å². The van der Waals surface area contributed by atoms with Crippen molar-refractivity contribution in [1.29, 1.82) is 0 Å². The molecule has 0 aromatic rings. The molecule has 0 aromatic heterocycles. The van der Waals surface area contributed by atoms with E-state index in [-0.39, 0.29) is 0 Å². The number of carbonyl (C=O) groups is 2. The van der Waals surface area contributed by atoms with Gasteiger partial charge in [0, 0.05) is 0 Å². The number of hydrogen-bond acceptors (Lipinski definition) is 3. The minimum absolute atomic E-state index is 0.409. The van der Waals surface area contributed by atoms with Gasteiger partial charge in [-0.15, -0.1) is 11.6 Å². The van der Waals surface area contributed by atoms with Crippen LogP contribution in [0.1, 0.15) is 6.42 Å². The lowest BCUT2D eigenvalue weighted by molar-refractivity contribution is -0.145. The maximum Gasteiger partial charge on any atom is 0.324 e. The van der Waals surface area contributed by atoms with Crippen LogP contribution in [0.15, 0.2) is 0 Å². The first-order chi connectivity index (χ1) is 4.57. The number of halogens is 1. The molecule has 0 aliphatic carbocycles. The van der Waals surface area contributed by atoms with Gasteiger partial charge in [-0.1, -0.05) is 0 Å². The van der Waals surface area contributed by atoms with Gasteiger partial charge in [0.25, 0.3) is 0 Å². The highest BCUT2D eigenvalue weighted by atomic mass is 35.5. The molecule has 0 radical (unpaired) electrons. The number of esters is 1. The van der Waals surface area contributed by atoms with Gasteiger partial charge in [-0.25, -0.2) is 0 Å². The van der Waals surface area contributed by atoms with Gasteiger partial charge < -0.3 is 9.84 Å². The van der Waals surface area contributed by atoms with E-state index in [1.807, 2.05) is 0 Å². The number of carboxylic acid groups (broad SMARTS) is 1. The van der Waals surface area contributed by atoms with Gasteiger partial charge in [0.1, 0.15) is 5.38 Å². The summed E-state index contributed by atoms with van der Waals surface area (Å²) in [4.78, 5) is 20.4. The third-order valence-corrected chi connectivity index (χ3v) is 1.14. The molecular weight excluding hydrogens is 160 g/mol. The third kappa shape index (κ3) is 3.29. The molecule has 0 bridgehead atoms. The van der Waals surface area contributed by atoms with Gasteiger partial charge in [0.15, 0.2) is 0 Å². The summed E-state index contributed by atoms with van der Waals surface area (Å²) in [7, 11) is 1.15. The van der Waals surface area contributed by atoms with E-state index in [1.54, 1.807) is 0 Å². The molecule has 4 nitrogen and oxygen atoms in total. The molecule has 0 spiro atoms. The Morgan fingerprint density at radius 3 is 2.50 bits per heavy atom. The predicted octanol–water partition coefficient (Wildman–Crippen LogP) is 0.241. The van der Waals surface area contributed by atoms with Crippen molar-refractivity contribution in [2.45, 2.75) is 11.8 Å². The van der Waals surface area contributed by atoms with E-state index in [0.717, 1.165) is 7.11 Å². The van der Waals surface area contributed by atoms with Crippen LogP contribution < -0.4 is 0 Å². The molecule has 1 atom stereocenters. The Kier molecular flexibility index (Phi) is 3.79. The molecule has 5 heteroatoms. The topological polar surface area (TPSA) is 63.6 Å². The maximum absolute atomic E-state index is 10.4. The first-order valence-electron chi connectivity index (χ1n) is 2.51. The fraction of sp³-hybridized carbons (Fsp3) is 0.600. The van der Waals surface area contributed by atoms with Crippen molar-refractivity contribution in [1.82, 2.24) is 0 Å². The number of alkyl halides is 1. The van der Waals surface area contributed by atoms with E-state index >= 15 is 0 Å². The summed E-state index contributed by atoms with van der Waals surface area (Å²) in [6.45, 7) is 0. The molecule has 0 aliphatic heterocycles. The molecule has 0 saturated heterocycles. The van der Waals surface area contributed by atoms with E-state index in [4.69, 9.17) is 16.7 Å². The monoisotopic (exact) mass is 166 g/mol. The molecule has 0 fully saturated rings. The van der Waals surface area contributed by atoms with Crippen molar-refractivity contribution in [2.75, 3.05) is 7.11 Å². The zero-order valence-electron chi connectivity index (χ0n) is 5.33. The van der Waals surface area contributed by atoms with Gasteiger partial charge in [-0.2, -0.15) is 0 Å². The Labute approximate surface area is 62.7 Å². The van der Waals surface area contributed by atoms with Crippen LogP contribution >= 0.6 is 11.6 Å². The number of carbonyl (C=O) groups excluding carboxylic acids is 1. The van der Waals surface area contributed by atoms with Gasteiger partial charge in [-0.3, -0.25) is 9.59 Å². The highest BCUT2D eigenvalue weighted by molar-refractivity contribution is 6.30. The standard InChI is InChI=1S/C5H7ClO4/c1-10-5(9)3(6)2-4(7)8/h3H,2H2,1H3,(H,7,8)/t3-/m0/s1. The molecule has 0 heterocycles. The molecule has 0 rings (SSSR count). The minimum Gasteiger partial charge on any atom is -0.481 e. The number of ether oxygens (including phenoxy) is 1. The lowest BCUT2D eigenvalue weighted by Gasteiger charge is -2.01. The summed E-state index contributed by atoms with van der Waals surface area (Å²) in [6.07, 6.45) is -0.409. The second kappa shape index (κ2) is 4.11. The van der Waals surface area contributed by atoms with Gasteiger partial charge in [-0.05, 0) is 0 Å². The SMILES string of the molecule is COC(=O)[C@@H](Cl)CC(=O)O. The van der Waals surface area contributed by atoms with Crippen molar-refractivity contribution in [3.05, 3.63) is 0 Å². The third-order valence-electron chi connectivity index (χ3n) is 0.811. The summed E-state index contributed by atoms with van der Waals surface area (Å²) in [5.74, 6) is -1.84. The highest BCUT2D eigenvalue weighted by Gasteiger charge is 2.18. The molecule has 58 valence electrons. The predicted molar refractivity (Wildman–Crippen MR) is 33.9 cm³/mol. The first kappa shape index (κ1) is 9.23. The van der Waals surface area contributed by atoms with Gasteiger partial charge >= 0.3 is 11.9 Å². The quantitative estimate of drug-likeness (QED) is 0.482. The van der Waals surface area contributed by atoms with Crippen LogP contribution in [0.3, 0.4) is 0 Å². The Hall–Kier alpha value is -0.770. The summed E-state index contributed by atoms with van der Waals surface area (Å²) in [6, 6.07) is 0. The van der Waals surface area contributed by atoms with E-state index < -0.39 is 23.7 Å². The van der Waals surface area contributed by atoms with Crippen molar-refractivity contribution in [3.8, 4) is 0 Å². The summed E-state index contributed by atoms with van der Waals surface area (Å²) < 4.78 is 4.18. The van der Waals surface area contributed by atoms with E-state index in [2.05, 4.69) is 4.74 Å². The number of methoxy groups -OCH3 is 1. The van der Waals surface area contributed by atoms with Crippen LogP contribution in [0.2, 0.25) is 0 Å². The molecule has 1 N–H and O–H groups in total. The smallest absolute Gasteiger partial charge is 0.324 e. The molecule has 0 aliphatic rings. The van der Waals surface area contributed by atoms with E-state index in [1.165, 1.54) is 0 Å². The lowest BCUT2D eigenvalue weighted by atomic mass is 10.3. The fourth-order valence-electron chi connectivity index (χ4n) is 0.365. The lowest BCUT2D eigenvalue weighted by Crippen LogP contribution is -2.19. The van der Waals surface area contributed by atoms with Crippen molar-refractivity contribution in [3.63, 3.8) is 0 Å². The second-order valence-corrected chi connectivity index (χ2v) is 2.12. The summed E-state index contributed by atoms with van der Waals surface area (Å²) >= 11 is 5.27. The van der Waals surface area contributed by atoms with E-state index in [9.17, 15) is 9.59 Å². The number of hydrogen-bond donors (Lipinski definition) is 1. The number of carboxylic acids is 1.